The Balaban J connectivity index is 1.08. The van der Waals surface area contributed by atoms with Gasteiger partial charge in [-0.05, 0) is 53.5 Å². The largest absolute Gasteiger partial charge is 0.456 e. The first kappa shape index (κ1) is 29.8. The predicted octanol–water partition coefficient (Wildman–Crippen LogP) is 11.3. The van der Waals surface area contributed by atoms with Crippen LogP contribution in [0.1, 0.15) is 12.8 Å². The summed E-state index contributed by atoms with van der Waals surface area (Å²) in [5, 5.41) is 7.79. The lowest BCUT2D eigenvalue weighted by Gasteiger charge is -2.13. The van der Waals surface area contributed by atoms with Gasteiger partial charge in [-0.2, -0.15) is 0 Å². The average molecular weight is 678 g/mol. The molecule has 0 atom stereocenters. The number of nitrogens with zero attached hydrogens (tertiary/aromatic N) is 3. The molecule has 0 aliphatic heterocycles. The monoisotopic (exact) mass is 677 g/mol. The first-order valence-corrected chi connectivity index (χ1v) is 18.2. The summed E-state index contributed by atoms with van der Waals surface area (Å²) in [6.07, 6.45) is 6.48. The minimum atomic E-state index is 0.890. The molecule has 6 aromatic carbocycles. The Labute approximate surface area is 305 Å². The zero-order valence-corrected chi connectivity index (χ0v) is 28.8. The zero-order valence-electron chi connectivity index (χ0n) is 28.8. The third kappa shape index (κ3) is 4.80. The van der Waals surface area contributed by atoms with Gasteiger partial charge in [0.25, 0.3) is 0 Å². The molecule has 53 heavy (non-hydrogen) atoms. The minimum absolute atomic E-state index is 0.890. The van der Waals surface area contributed by atoms with Crippen molar-refractivity contribution < 1.29 is 4.42 Å². The van der Waals surface area contributed by atoms with Crippen LogP contribution in [-0.2, 0) is 0 Å². The Morgan fingerprint density at radius 3 is 1.81 bits per heavy atom. The summed E-state index contributed by atoms with van der Waals surface area (Å²) in [6.45, 7) is 0. The normalized spacial score (nSPS) is 12.7. The molecule has 10 aromatic rings. The van der Waals surface area contributed by atoms with Crippen LogP contribution in [-0.4, -0.2) is 15.0 Å². The smallest absolute Gasteiger partial charge is 0.147 e. The summed E-state index contributed by atoms with van der Waals surface area (Å²) in [6, 6.07) is 53.2. The highest BCUT2D eigenvalue weighted by molar-refractivity contribution is 6.14. The van der Waals surface area contributed by atoms with Crippen LogP contribution in [0.15, 0.2) is 156 Å². The van der Waals surface area contributed by atoms with E-state index < -0.39 is 0 Å². The third-order valence-electron chi connectivity index (χ3n) is 10.7. The summed E-state index contributed by atoms with van der Waals surface area (Å²) in [4.78, 5) is 15.9. The van der Waals surface area contributed by atoms with Crippen molar-refractivity contribution in [3.05, 3.63) is 162 Å². The van der Waals surface area contributed by atoms with Crippen molar-refractivity contribution in [2.45, 2.75) is 12.8 Å². The van der Waals surface area contributed by atoms with Crippen molar-refractivity contribution in [3.8, 4) is 44.9 Å². The second-order valence-corrected chi connectivity index (χ2v) is 13.8. The lowest BCUT2D eigenvalue weighted by Crippen LogP contribution is -2.22. The summed E-state index contributed by atoms with van der Waals surface area (Å²) < 4.78 is 6.71. The van der Waals surface area contributed by atoms with Gasteiger partial charge in [-0.25, -0.2) is 15.0 Å². The molecule has 0 fully saturated rings. The van der Waals surface area contributed by atoms with Crippen molar-refractivity contribution in [2.24, 2.45) is 0 Å². The number of furan rings is 1. The van der Waals surface area contributed by atoms with Gasteiger partial charge in [0.1, 0.15) is 11.0 Å². The molecule has 4 nitrogen and oxygen atoms in total. The van der Waals surface area contributed by atoms with Gasteiger partial charge in [0.2, 0.25) is 0 Å². The predicted molar refractivity (Wildman–Crippen MR) is 219 cm³/mol. The van der Waals surface area contributed by atoms with Crippen molar-refractivity contribution >= 4 is 66.6 Å². The zero-order chi connectivity index (χ0) is 34.9. The van der Waals surface area contributed by atoms with Gasteiger partial charge in [0.05, 0.1) is 39.0 Å². The number of benzene rings is 6. The second kappa shape index (κ2) is 11.8. The molecule has 11 rings (SSSR count). The molecule has 0 unspecified atom stereocenters. The number of fused-ring (bicyclic) bond motifs is 9. The van der Waals surface area contributed by atoms with Crippen LogP contribution in [0.3, 0.4) is 0 Å². The molecule has 0 amide bonds. The van der Waals surface area contributed by atoms with Gasteiger partial charge < -0.3 is 4.42 Å². The summed E-state index contributed by atoms with van der Waals surface area (Å²) >= 11 is 0. The Morgan fingerprint density at radius 2 is 1.02 bits per heavy atom. The molecule has 0 saturated carbocycles. The van der Waals surface area contributed by atoms with E-state index in [0.717, 1.165) is 112 Å². The van der Waals surface area contributed by atoms with Crippen LogP contribution in [0.4, 0.5) is 0 Å². The van der Waals surface area contributed by atoms with Crippen molar-refractivity contribution in [1.82, 2.24) is 15.0 Å². The molecule has 4 heteroatoms. The Hall–Kier alpha value is -6.91. The molecule has 0 saturated heterocycles. The topological polar surface area (TPSA) is 51.8 Å². The quantitative estimate of drug-likeness (QED) is 0.174. The maximum Gasteiger partial charge on any atom is 0.147 e. The molecular formula is C49H31N3O. The van der Waals surface area contributed by atoms with E-state index in [1.165, 1.54) is 10.8 Å². The molecule has 1 aliphatic carbocycles. The molecule has 0 N–H and O–H groups in total. The van der Waals surface area contributed by atoms with E-state index in [4.69, 9.17) is 19.4 Å². The number of hydrogen-bond acceptors (Lipinski definition) is 4. The molecule has 4 aromatic heterocycles. The fraction of sp³-hybridized carbons (Fsp3) is 0.0408. The van der Waals surface area contributed by atoms with E-state index in [9.17, 15) is 0 Å². The molecular weight excluding hydrogens is 647 g/mol. The molecule has 0 bridgehead atoms. The van der Waals surface area contributed by atoms with E-state index in [-0.39, 0.29) is 0 Å². The highest BCUT2D eigenvalue weighted by atomic mass is 16.3. The minimum Gasteiger partial charge on any atom is -0.456 e. The second-order valence-electron chi connectivity index (χ2n) is 13.8. The van der Waals surface area contributed by atoms with Crippen LogP contribution < -0.4 is 10.6 Å². The average Bonchev–Trinajstić information content (AvgIpc) is 3.63. The number of aromatic nitrogens is 3. The van der Waals surface area contributed by atoms with Crippen molar-refractivity contribution in [3.63, 3.8) is 0 Å². The molecule has 0 radical (unpaired) electrons. The maximum atomic E-state index is 6.71. The molecule has 248 valence electrons. The van der Waals surface area contributed by atoms with Gasteiger partial charge in [0.15, 0.2) is 0 Å². The molecule has 4 heterocycles. The van der Waals surface area contributed by atoms with Crippen molar-refractivity contribution in [2.75, 3.05) is 0 Å². The van der Waals surface area contributed by atoms with Gasteiger partial charge in [-0.15, -0.1) is 0 Å². The fourth-order valence-corrected chi connectivity index (χ4v) is 8.08. The van der Waals surface area contributed by atoms with Gasteiger partial charge in [-0.3, -0.25) is 0 Å². The maximum absolute atomic E-state index is 6.71. The van der Waals surface area contributed by atoms with Crippen molar-refractivity contribution in [1.29, 1.82) is 0 Å². The highest BCUT2D eigenvalue weighted by Crippen LogP contribution is 2.38. The molecule has 0 spiro atoms. The SMILES string of the molecule is C1=c2oc3c(c(-c4ccc(-c5ccc6ccc7ccc(-c8ccccc8)nc7c6n5)cc4)nc4c(-c5cccc6ccccc56)cccc43)c2=CCC1. The Morgan fingerprint density at radius 1 is 0.415 bits per heavy atom. The van der Waals surface area contributed by atoms with Gasteiger partial charge >= 0.3 is 0 Å². The van der Waals surface area contributed by atoms with Crippen LogP contribution in [0.2, 0.25) is 0 Å². The molecule has 1 aliphatic rings. The first-order valence-electron chi connectivity index (χ1n) is 18.2. The van der Waals surface area contributed by atoms with E-state index in [1.54, 1.807) is 0 Å². The number of para-hydroxylation sites is 1. The first-order chi connectivity index (χ1) is 26.3. The lowest BCUT2D eigenvalue weighted by molar-refractivity contribution is 0.574. The van der Waals surface area contributed by atoms with Crippen LogP contribution in [0.5, 0.6) is 0 Å². The summed E-state index contributed by atoms with van der Waals surface area (Å²) in [5.74, 6) is 0. The standard InChI is InChI=1S/C49H31N3O/c1-2-11-31(12-3-1)41-28-26-34-24-25-35-27-29-42(51-47(35)46(34)50-41)32-20-22-33(23-21-32)45-44-39-15-6-7-19-43(39)53-49(44)40-18-9-17-38(48(40)52-45)37-16-8-13-30-10-4-5-14-36(30)37/h1-5,8-29H,6-7H2. The Kier molecular flexibility index (Phi) is 6.65. The summed E-state index contributed by atoms with van der Waals surface area (Å²) in [7, 11) is 0. The highest BCUT2D eigenvalue weighted by Gasteiger charge is 2.20. The number of pyridine rings is 3. The van der Waals surface area contributed by atoms with Crippen LogP contribution >= 0.6 is 0 Å². The fourth-order valence-electron chi connectivity index (χ4n) is 8.08. The van der Waals surface area contributed by atoms with Gasteiger partial charge in [-0.1, -0.05) is 140 Å². The van der Waals surface area contributed by atoms with Crippen LogP contribution in [0.25, 0.3) is 112 Å². The lowest BCUT2D eigenvalue weighted by atomic mass is 9.94. The van der Waals surface area contributed by atoms with E-state index in [1.807, 2.05) is 18.2 Å². The summed E-state index contributed by atoms with van der Waals surface area (Å²) in [5.41, 5.74) is 12.8. The van der Waals surface area contributed by atoms with Crippen LogP contribution in [0, 0.1) is 0 Å². The van der Waals surface area contributed by atoms with E-state index in [0.29, 0.717) is 0 Å². The number of hydrogen-bond donors (Lipinski definition) is 0. The Bertz CT molecular complexity index is 3210. The van der Waals surface area contributed by atoms with Gasteiger partial charge in [0, 0.05) is 43.6 Å². The van der Waals surface area contributed by atoms with E-state index >= 15 is 0 Å². The van der Waals surface area contributed by atoms with E-state index in [2.05, 4.69) is 146 Å². The number of rotatable bonds is 4. The third-order valence-corrected chi connectivity index (χ3v) is 10.7.